The molecule has 1 saturated carbocycles. The molecule has 100 valence electrons. The first-order valence-electron chi connectivity index (χ1n) is 6.99. The predicted octanol–water partition coefficient (Wildman–Crippen LogP) is 2.96. The van der Waals surface area contributed by atoms with Gasteiger partial charge in [0.25, 0.3) is 0 Å². The Bertz CT molecular complexity index is 398. The van der Waals surface area contributed by atoms with Gasteiger partial charge in [-0.25, -0.2) is 0 Å². The van der Waals surface area contributed by atoms with E-state index in [1.807, 2.05) is 0 Å². The Morgan fingerprint density at radius 3 is 2.94 bits per heavy atom. The Morgan fingerprint density at radius 2 is 2.22 bits per heavy atom. The van der Waals surface area contributed by atoms with E-state index >= 15 is 0 Å². The van der Waals surface area contributed by atoms with Gasteiger partial charge in [0.15, 0.2) is 5.82 Å². The molecule has 0 bridgehead atoms. The van der Waals surface area contributed by atoms with Gasteiger partial charge in [0.05, 0.1) is 0 Å². The van der Waals surface area contributed by atoms with Crippen molar-refractivity contribution >= 4 is 5.78 Å². The molecule has 1 unspecified atom stereocenters. The smallest absolute Gasteiger partial charge is 0.227 e. The number of aryl methyl sites for hydroxylation is 1. The van der Waals surface area contributed by atoms with E-state index in [0.29, 0.717) is 24.0 Å². The van der Waals surface area contributed by atoms with Crippen molar-refractivity contribution in [3.8, 4) is 0 Å². The van der Waals surface area contributed by atoms with Crippen LogP contribution in [0.4, 0.5) is 0 Å². The van der Waals surface area contributed by atoms with Crippen LogP contribution in [0.3, 0.4) is 0 Å². The summed E-state index contributed by atoms with van der Waals surface area (Å²) in [6, 6.07) is 0. The minimum atomic E-state index is 0.108. The molecule has 1 aromatic heterocycles. The maximum absolute atomic E-state index is 11.7. The van der Waals surface area contributed by atoms with Crippen LogP contribution in [0, 0.1) is 11.8 Å². The Balaban J connectivity index is 1.87. The monoisotopic (exact) mass is 250 g/mol. The van der Waals surface area contributed by atoms with Crippen LogP contribution in [0.1, 0.15) is 57.7 Å². The first-order chi connectivity index (χ1) is 8.65. The summed E-state index contributed by atoms with van der Waals surface area (Å²) in [7, 11) is 0. The summed E-state index contributed by atoms with van der Waals surface area (Å²) in [4.78, 5) is 16.1. The van der Waals surface area contributed by atoms with Crippen LogP contribution in [-0.2, 0) is 17.6 Å². The van der Waals surface area contributed by atoms with Crippen LogP contribution in [0.2, 0.25) is 0 Å². The third kappa shape index (κ3) is 3.65. The van der Waals surface area contributed by atoms with E-state index in [9.17, 15) is 4.79 Å². The molecule has 1 aromatic rings. The van der Waals surface area contributed by atoms with E-state index in [-0.39, 0.29) is 5.92 Å². The van der Waals surface area contributed by atoms with Crippen molar-refractivity contribution in [2.24, 2.45) is 11.8 Å². The zero-order valence-corrected chi connectivity index (χ0v) is 11.3. The van der Waals surface area contributed by atoms with E-state index in [4.69, 9.17) is 4.52 Å². The second-order valence-corrected chi connectivity index (χ2v) is 5.65. The number of hydrogen-bond acceptors (Lipinski definition) is 4. The van der Waals surface area contributed by atoms with Gasteiger partial charge >= 0.3 is 0 Å². The Morgan fingerprint density at radius 1 is 1.39 bits per heavy atom. The molecule has 1 fully saturated rings. The van der Waals surface area contributed by atoms with Gasteiger partial charge in [-0.2, -0.15) is 4.98 Å². The van der Waals surface area contributed by atoms with Crippen molar-refractivity contribution in [1.29, 1.82) is 0 Å². The van der Waals surface area contributed by atoms with Crippen LogP contribution in [0.25, 0.3) is 0 Å². The lowest BCUT2D eigenvalue weighted by Gasteiger charge is -2.18. The Hall–Kier alpha value is -1.19. The van der Waals surface area contributed by atoms with Crippen molar-refractivity contribution in [3.05, 3.63) is 11.7 Å². The topological polar surface area (TPSA) is 56.0 Å². The number of hydrogen-bond donors (Lipinski definition) is 0. The van der Waals surface area contributed by atoms with Gasteiger partial charge in [-0.1, -0.05) is 25.4 Å². The number of nitrogens with zero attached hydrogens (tertiary/aromatic N) is 2. The molecule has 18 heavy (non-hydrogen) atoms. The highest BCUT2D eigenvalue weighted by atomic mass is 16.5. The van der Waals surface area contributed by atoms with Gasteiger partial charge < -0.3 is 4.52 Å². The van der Waals surface area contributed by atoms with Gasteiger partial charge in [-0.05, 0) is 25.2 Å². The SMILES string of the molecule is CC(C)CCc1noc(CC2CCCCC2=O)n1. The molecule has 0 N–H and O–H groups in total. The summed E-state index contributed by atoms with van der Waals surface area (Å²) < 4.78 is 5.23. The number of carbonyl (C=O) groups excluding carboxylic acids is 1. The molecule has 1 atom stereocenters. The second-order valence-electron chi connectivity index (χ2n) is 5.65. The van der Waals surface area contributed by atoms with Crippen LogP contribution in [0.15, 0.2) is 4.52 Å². The molecule has 4 nitrogen and oxygen atoms in total. The van der Waals surface area contributed by atoms with E-state index in [2.05, 4.69) is 24.0 Å². The van der Waals surface area contributed by atoms with Gasteiger partial charge in [0, 0.05) is 25.2 Å². The van der Waals surface area contributed by atoms with Crippen LogP contribution >= 0.6 is 0 Å². The maximum Gasteiger partial charge on any atom is 0.227 e. The van der Waals surface area contributed by atoms with E-state index < -0.39 is 0 Å². The van der Waals surface area contributed by atoms with E-state index in [1.165, 1.54) is 0 Å². The average molecular weight is 250 g/mol. The summed E-state index contributed by atoms with van der Waals surface area (Å²) in [5.74, 6) is 2.53. The number of Topliss-reactive ketones (excluding diaryl/α,β-unsaturated/α-hetero) is 1. The number of ketones is 1. The zero-order valence-electron chi connectivity index (χ0n) is 11.3. The molecule has 1 heterocycles. The maximum atomic E-state index is 11.7. The second kappa shape index (κ2) is 6.12. The van der Waals surface area contributed by atoms with Crippen molar-refractivity contribution < 1.29 is 9.32 Å². The summed E-state index contributed by atoms with van der Waals surface area (Å²) in [5.41, 5.74) is 0. The Kier molecular flexibility index (Phi) is 4.50. The van der Waals surface area contributed by atoms with Crippen LogP contribution in [0.5, 0.6) is 0 Å². The molecule has 2 rings (SSSR count). The van der Waals surface area contributed by atoms with Gasteiger partial charge in [-0.15, -0.1) is 0 Å². The predicted molar refractivity (Wildman–Crippen MR) is 68.1 cm³/mol. The molecule has 0 radical (unpaired) electrons. The molecule has 1 aliphatic rings. The molecular formula is C14H22N2O2. The summed E-state index contributed by atoms with van der Waals surface area (Å²) in [6.45, 7) is 4.36. The first kappa shape index (κ1) is 13.2. The lowest BCUT2D eigenvalue weighted by molar-refractivity contribution is -0.124. The lowest BCUT2D eigenvalue weighted by atomic mass is 9.86. The fourth-order valence-corrected chi connectivity index (χ4v) is 2.37. The van der Waals surface area contributed by atoms with Crippen molar-refractivity contribution in [2.75, 3.05) is 0 Å². The number of carbonyl (C=O) groups is 1. The van der Waals surface area contributed by atoms with Crippen molar-refractivity contribution in [3.63, 3.8) is 0 Å². The molecule has 0 aliphatic heterocycles. The van der Waals surface area contributed by atoms with Crippen LogP contribution < -0.4 is 0 Å². The molecule has 0 aromatic carbocycles. The largest absolute Gasteiger partial charge is 0.339 e. The van der Waals surface area contributed by atoms with Gasteiger partial charge in [0.2, 0.25) is 5.89 Å². The number of rotatable bonds is 5. The lowest BCUT2D eigenvalue weighted by Crippen LogP contribution is -2.21. The molecular weight excluding hydrogens is 228 g/mol. The number of aromatic nitrogens is 2. The third-order valence-electron chi connectivity index (χ3n) is 3.56. The zero-order chi connectivity index (χ0) is 13.0. The van der Waals surface area contributed by atoms with E-state index in [0.717, 1.165) is 44.3 Å². The molecule has 1 aliphatic carbocycles. The molecule has 4 heteroatoms. The standard InChI is InChI=1S/C14H22N2O2/c1-10(2)7-8-13-15-14(18-16-13)9-11-5-3-4-6-12(11)17/h10-11H,3-9H2,1-2H3. The van der Waals surface area contributed by atoms with Crippen molar-refractivity contribution in [1.82, 2.24) is 10.1 Å². The van der Waals surface area contributed by atoms with Crippen LogP contribution in [-0.4, -0.2) is 15.9 Å². The highest BCUT2D eigenvalue weighted by molar-refractivity contribution is 5.81. The summed E-state index contributed by atoms with van der Waals surface area (Å²) in [5, 5.41) is 3.98. The fraction of sp³-hybridized carbons (Fsp3) is 0.786. The minimum Gasteiger partial charge on any atom is -0.339 e. The molecule has 0 spiro atoms. The Labute approximate surface area is 108 Å². The quantitative estimate of drug-likeness (QED) is 0.806. The van der Waals surface area contributed by atoms with Crippen molar-refractivity contribution in [2.45, 2.75) is 58.8 Å². The normalized spacial score (nSPS) is 20.6. The molecule has 0 saturated heterocycles. The third-order valence-corrected chi connectivity index (χ3v) is 3.56. The van der Waals surface area contributed by atoms with Gasteiger partial charge in [-0.3, -0.25) is 4.79 Å². The first-order valence-corrected chi connectivity index (χ1v) is 6.99. The minimum absolute atomic E-state index is 0.108. The summed E-state index contributed by atoms with van der Waals surface area (Å²) >= 11 is 0. The van der Waals surface area contributed by atoms with Gasteiger partial charge in [0.1, 0.15) is 5.78 Å². The highest BCUT2D eigenvalue weighted by Crippen LogP contribution is 2.23. The average Bonchev–Trinajstić information content (AvgIpc) is 2.77. The highest BCUT2D eigenvalue weighted by Gasteiger charge is 2.24. The van der Waals surface area contributed by atoms with E-state index in [1.54, 1.807) is 0 Å². The molecule has 0 amide bonds. The fourth-order valence-electron chi connectivity index (χ4n) is 2.37. The summed E-state index contributed by atoms with van der Waals surface area (Å²) in [6.07, 6.45) is 6.44.